The van der Waals surface area contributed by atoms with E-state index in [2.05, 4.69) is 39.1 Å². The molecule has 4 heterocycles. The van der Waals surface area contributed by atoms with Gasteiger partial charge in [0, 0.05) is 31.7 Å². The number of rotatable bonds is 5. The van der Waals surface area contributed by atoms with Crippen LogP contribution in [0, 0.1) is 5.82 Å². The summed E-state index contributed by atoms with van der Waals surface area (Å²) < 4.78 is 21.4. The molecule has 5 rings (SSSR count). The maximum atomic E-state index is 15.4. The standard InChI is InChI=1S/C24H28ClFN6O2/c1-14-12-27-8-10-32(14)23-16-11-18(26)21(20-17(25)6-3-7-19(20)33)28-22(16)29-24(30-23)34-13-15-5-4-9-31(15)2/h3,6-7,11,14-15,27,33H,4-5,8-10,12-13H2,1-2H3/t14-,15+/m1/s1. The Morgan fingerprint density at radius 3 is 2.85 bits per heavy atom. The fraction of sp³-hybridized carbons (Fsp3) is 0.458. The van der Waals surface area contributed by atoms with Crippen LogP contribution in [0.1, 0.15) is 19.8 Å². The number of phenols is 1. The van der Waals surface area contributed by atoms with Crippen molar-refractivity contribution in [2.75, 3.05) is 44.7 Å². The number of anilines is 1. The van der Waals surface area contributed by atoms with E-state index in [-0.39, 0.29) is 34.1 Å². The van der Waals surface area contributed by atoms with Crippen LogP contribution in [0.3, 0.4) is 0 Å². The zero-order valence-corrected chi connectivity index (χ0v) is 20.0. The molecule has 0 aliphatic carbocycles. The van der Waals surface area contributed by atoms with Gasteiger partial charge in [0.2, 0.25) is 0 Å². The van der Waals surface area contributed by atoms with Gasteiger partial charge in [-0.1, -0.05) is 17.7 Å². The van der Waals surface area contributed by atoms with Gasteiger partial charge in [0.15, 0.2) is 11.5 Å². The zero-order valence-electron chi connectivity index (χ0n) is 19.3. The first-order chi connectivity index (χ1) is 16.4. The zero-order chi connectivity index (χ0) is 23.8. The lowest BCUT2D eigenvalue weighted by molar-refractivity contribution is 0.188. The lowest BCUT2D eigenvalue weighted by Crippen LogP contribution is -2.50. The van der Waals surface area contributed by atoms with Gasteiger partial charge in [-0.2, -0.15) is 9.97 Å². The van der Waals surface area contributed by atoms with Crippen LogP contribution in [-0.2, 0) is 0 Å². The normalized spacial score (nSPS) is 21.4. The van der Waals surface area contributed by atoms with E-state index in [0.29, 0.717) is 36.0 Å². The summed E-state index contributed by atoms with van der Waals surface area (Å²) in [4.78, 5) is 18.1. The largest absolute Gasteiger partial charge is 0.507 e. The summed E-state index contributed by atoms with van der Waals surface area (Å²) in [5, 5.41) is 14.4. The molecule has 34 heavy (non-hydrogen) atoms. The summed E-state index contributed by atoms with van der Waals surface area (Å²) in [5.74, 6) is -0.163. The molecule has 180 valence electrons. The molecule has 0 saturated carbocycles. The highest BCUT2D eigenvalue weighted by molar-refractivity contribution is 6.33. The van der Waals surface area contributed by atoms with Gasteiger partial charge in [-0.05, 0) is 51.6 Å². The Balaban J connectivity index is 1.61. The second kappa shape index (κ2) is 9.48. The van der Waals surface area contributed by atoms with Crippen molar-refractivity contribution in [2.45, 2.75) is 31.8 Å². The summed E-state index contributed by atoms with van der Waals surface area (Å²) in [5.41, 5.74) is 0.366. The van der Waals surface area contributed by atoms with Gasteiger partial charge < -0.3 is 25.0 Å². The molecule has 1 aromatic carbocycles. The first-order valence-corrected chi connectivity index (χ1v) is 12.0. The highest BCUT2D eigenvalue weighted by Gasteiger charge is 2.27. The number of pyridine rings is 1. The molecule has 8 nitrogen and oxygen atoms in total. The van der Waals surface area contributed by atoms with Gasteiger partial charge in [-0.25, -0.2) is 9.37 Å². The van der Waals surface area contributed by atoms with E-state index in [1.807, 2.05) is 0 Å². The summed E-state index contributed by atoms with van der Waals surface area (Å²) in [7, 11) is 2.09. The predicted molar refractivity (Wildman–Crippen MR) is 130 cm³/mol. The van der Waals surface area contributed by atoms with E-state index in [9.17, 15) is 5.11 Å². The number of halogens is 2. The fourth-order valence-electron chi connectivity index (χ4n) is 4.72. The Morgan fingerprint density at radius 2 is 2.12 bits per heavy atom. The van der Waals surface area contributed by atoms with Crippen LogP contribution in [0.4, 0.5) is 10.2 Å². The van der Waals surface area contributed by atoms with Crippen LogP contribution in [0.25, 0.3) is 22.3 Å². The third-order valence-electron chi connectivity index (χ3n) is 6.68. The molecule has 0 amide bonds. The lowest BCUT2D eigenvalue weighted by Gasteiger charge is -2.35. The minimum absolute atomic E-state index is 0.0601. The van der Waals surface area contributed by atoms with Crippen molar-refractivity contribution in [3.05, 3.63) is 35.1 Å². The number of fused-ring (bicyclic) bond motifs is 1. The van der Waals surface area contributed by atoms with Crippen LogP contribution in [-0.4, -0.2) is 76.9 Å². The fourth-order valence-corrected chi connectivity index (χ4v) is 4.98. The highest BCUT2D eigenvalue weighted by Crippen LogP contribution is 2.38. The molecular formula is C24H28ClFN6O2. The van der Waals surface area contributed by atoms with Gasteiger partial charge in [0.1, 0.15) is 23.9 Å². The molecule has 2 atom stereocenters. The molecule has 0 unspecified atom stereocenters. The summed E-state index contributed by atoms with van der Waals surface area (Å²) in [6.45, 7) is 5.90. The quantitative estimate of drug-likeness (QED) is 0.567. The number of benzene rings is 1. The number of hydrogen-bond donors (Lipinski definition) is 2. The third-order valence-corrected chi connectivity index (χ3v) is 6.99. The Labute approximate surface area is 202 Å². The maximum absolute atomic E-state index is 15.4. The number of likely N-dealkylation sites (N-methyl/N-ethyl adjacent to an activating group) is 1. The molecule has 2 fully saturated rings. The van der Waals surface area contributed by atoms with E-state index in [0.717, 1.165) is 32.5 Å². The molecule has 2 aliphatic rings. The molecule has 2 aliphatic heterocycles. The van der Waals surface area contributed by atoms with Crippen molar-refractivity contribution in [1.82, 2.24) is 25.2 Å². The molecule has 0 bridgehead atoms. The number of phenolic OH excluding ortho intramolecular Hbond substituents is 1. The minimum Gasteiger partial charge on any atom is -0.507 e. The third kappa shape index (κ3) is 4.35. The van der Waals surface area contributed by atoms with Crippen molar-refractivity contribution in [3.8, 4) is 23.0 Å². The highest BCUT2D eigenvalue weighted by atomic mass is 35.5. The average molecular weight is 487 g/mol. The molecular weight excluding hydrogens is 459 g/mol. The number of aromatic hydroxyl groups is 1. The average Bonchev–Trinajstić information content (AvgIpc) is 3.22. The second-order valence-corrected chi connectivity index (χ2v) is 9.40. The van der Waals surface area contributed by atoms with Gasteiger partial charge in [-0.3, -0.25) is 0 Å². The number of aromatic nitrogens is 3. The number of nitrogens with zero attached hydrogens (tertiary/aromatic N) is 5. The molecule has 2 aromatic heterocycles. The monoisotopic (exact) mass is 486 g/mol. The smallest absolute Gasteiger partial charge is 0.320 e. The van der Waals surface area contributed by atoms with E-state index < -0.39 is 5.82 Å². The van der Waals surface area contributed by atoms with Gasteiger partial charge in [0.05, 0.1) is 16.0 Å². The molecule has 2 saturated heterocycles. The van der Waals surface area contributed by atoms with E-state index >= 15 is 4.39 Å². The van der Waals surface area contributed by atoms with Crippen LogP contribution in [0.5, 0.6) is 11.8 Å². The number of piperazine rings is 1. The van der Waals surface area contributed by atoms with E-state index in [1.54, 1.807) is 12.1 Å². The summed E-state index contributed by atoms with van der Waals surface area (Å²) >= 11 is 6.28. The van der Waals surface area contributed by atoms with Gasteiger partial charge in [0.25, 0.3) is 0 Å². The summed E-state index contributed by atoms with van der Waals surface area (Å²) in [6.07, 6.45) is 2.20. The lowest BCUT2D eigenvalue weighted by atomic mass is 10.1. The Morgan fingerprint density at radius 1 is 1.26 bits per heavy atom. The molecule has 3 aromatic rings. The Hall–Kier alpha value is -2.75. The van der Waals surface area contributed by atoms with Crippen molar-refractivity contribution in [2.24, 2.45) is 0 Å². The first-order valence-electron chi connectivity index (χ1n) is 11.6. The van der Waals surface area contributed by atoms with E-state index in [4.69, 9.17) is 21.3 Å². The number of likely N-dealkylation sites (tertiary alicyclic amines) is 1. The summed E-state index contributed by atoms with van der Waals surface area (Å²) in [6, 6.07) is 6.67. The first kappa shape index (κ1) is 23.0. The van der Waals surface area contributed by atoms with Gasteiger partial charge >= 0.3 is 6.01 Å². The molecule has 2 N–H and O–H groups in total. The van der Waals surface area contributed by atoms with Crippen LogP contribution >= 0.6 is 11.6 Å². The molecule has 10 heteroatoms. The van der Waals surface area contributed by atoms with Crippen LogP contribution in [0.15, 0.2) is 24.3 Å². The van der Waals surface area contributed by atoms with Crippen molar-refractivity contribution < 1.29 is 14.2 Å². The van der Waals surface area contributed by atoms with E-state index in [1.165, 1.54) is 12.1 Å². The molecule has 0 spiro atoms. The van der Waals surface area contributed by atoms with Crippen molar-refractivity contribution in [1.29, 1.82) is 0 Å². The van der Waals surface area contributed by atoms with Crippen LogP contribution < -0.4 is 15.0 Å². The number of ether oxygens (including phenoxy) is 1. The Bertz CT molecular complexity index is 1190. The van der Waals surface area contributed by atoms with Gasteiger partial charge in [-0.15, -0.1) is 0 Å². The second-order valence-electron chi connectivity index (χ2n) is 8.99. The topological polar surface area (TPSA) is 86.6 Å². The maximum Gasteiger partial charge on any atom is 0.320 e. The number of nitrogens with one attached hydrogen (secondary N) is 1. The van der Waals surface area contributed by atoms with Crippen LogP contribution in [0.2, 0.25) is 5.02 Å². The Kier molecular flexibility index (Phi) is 6.42. The predicted octanol–water partition coefficient (Wildman–Crippen LogP) is 3.46. The minimum atomic E-state index is -0.607. The van der Waals surface area contributed by atoms with Crippen molar-refractivity contribution >= 4 is 28.5 Å². The molecule has 0 radical (unpaired) electrons. The SMILES string of the molecule is C[C@@H]1CNCCN1c1nc(OC[C@@H]2CCCN2C)nc2nc(-c3c(O)cccc3Cl)c(F)cc12. The number of hydrogen-bond acceptors (Lipinski definition) is 8. The van der Waals surface area contributed by atoms with Crippen molar-refractivity contribution in [3.63, 3.8) is 0 Å².